The van der Waals surface area contributed by atoms with Crippen molar-refractivity contribution in [3.8, 4) is 0 Å². The number of hydrogen-bond acceptors (Lipinski definition) is 3. The summed E-state index contributed by atoms with van der Waals surface area (Å²) in [5, 5.41) is 5.88. The Labute approximate surface area is 143 Å². The Morgan fingerprint density at radius 1 is 1.29 bits per heavy atom. The van der Waals surface area contributed by atoms with Crippen LogP contribution in [0.2, 0.25) is 0 Å². The van der Waals surface area contributed by atoms with Crippen LogP contribution in [0.5, 0.6) is 0 Å². The first-order valence-electron chi connectivity index (χ1n) is 8.89. The number of piperidine rings is 1. The number of anilines is 2. The smallest absolute Gasteiger partial charge is 0.321 e. The van der Waals surface area contributed by atoms with Crippen molar-refractivity contribution in [2.75, 3.05) is 36.4 Å². The number of nitrogens with one attached hydrogen (secondary N) is 2. The van der Waals surface area contributed by atoms with Crippen molar-refractivity contribution in [1.82, 2.24) is 10.2 Å². The van der Waals surface area contributed by atoms with Gasteiger partial charge in [-0.05, 0) is 50.6 Å². The van der Waals surface area contributed by atoms with E-state index in [4.69, 9.17) is 0 Å². The quantitative estimate of drug-likeness (QED) is 0.891. The summed E-state index contributed by atoms with van der Waals surface area (Å²) in [5.41, 5.74) is 1.57. The molecule has 24 heavy (non-hydrogen) atoms. The predicted octanol–water partition coefficient (Wildman–Crippen LogP) is 2.42. The average molecular weight is 330 g/mol. The molecule has 2 aliphatic heterocycles. The highest BCUT2D eigenvalue weighted by atomic mass is 16.2. The molecule has 0 bridgehead atoms. The van der Waals surface area contributed by atoms with E-state index in [1.807, 2.05) is 24.3 Å². The first-order valence-corrected chi connectivity index (χ1v) is 8.89. The van der Waals surface area contributed by atoms with Gasteiger partial charge in [-0.25, -0.2) is 4.79 Å². The van der Waals surface area contributed by atoms with E-state index >= 15 is 0 Å². The van der Waals surface area contributed by atoms with Gasteiger partial charge in [-0.2, -0.15) is 0 Å². The number of amides is 3. The maximum Gasteiger partial charge on any atom is 0.321 e. The number of hydrogen-bond donors (Lipinski definition) is 2. The van der Waals surface area contributed by atoms with Crippen LogP contribution in [0.1, 0.15) is 32.6 Å². The molecule has 2 saturated heterocycles. The summed E-state index contributed by atoms with van der Waals surface area (Å²) < 4.78 is 0. The number of likely N-dealkylation sites (N-methyl/N-ethyl adjacent to an activating group) is 1. The molecule has 0 saturated carbocycles. The molecule has 130 valence electrons. The van der Waals surface area contributed by atoms with E-state index in [0.717, 1.165) is 56.7 Å². The van der Waals surface area contributed by atoms with Gasteiger partial charge in [0.2, 0.25) is 5.91 Å². The van der Waals surface area contributed by atoms with Crippen molar-refractivity contribution in [2.45, 2.75) is 38.6 Å². The zero-order chi connectivity index (χ0) is 16.9. The molecule has 6 nitrogen and oxygen atoms in total. The fraction of sp³-hybridized carbons (Fsp3) is 0.556. The maximum absolute atomic E-state index is 12.6. The van der Waals surface area contributed by atoms with Crippen LogP contribution in [0.25, 0.3) is 0 Å². The number of carbonyl (C=O) groups excluding carboxylic acids is 2. The van der Waals surface area contributed by atoms with E-state index in [9.17, 15) is 9.59 Å². The van der Waals surface area contributed by atoms with Gasteiger partial charge in [0.15, 0.2) is 0 Å². The fourth-order valence-corrected chi connectivity index (χ4v) is 3.52. The Morgan fingerprint density at radius 3 is 2.96 bits per heavy atom. The topological polar surface area (TPSA) is 64.7 Å². The molecule has 0 aliphatic carbocycles. The van der Waals surface area contributed by atoms with Crippen molar-refractivity contribution in [2.24, 2.45) is 0 Å². The Hall–Kier alpha value is -2.08. The summed E-state index contributed by atoms with van der Waals surface area (Å²) >= 11 is 0. The SMILES string of the molecule is CCN1CCCC[C@H]1C(=O)Nc1cccc(N2CCCNC2=O)c1. The predicted molar refractivity (Wildman–Crippen MR) is 95.3 cm³/mol. The van der Waals surface area contributed by atoms with E-state index < -0.39 is 0 Å². The van der Waals surface area contributed by atoms with Crippen LogP contribution in [0.4, 0.5) is 16.2 Å². The molecule has 3 amide bonds. The minimum Gasteiger partial charge on any atom is -0.338 e. The van der Waals surface area contributed by atoms with E-state index in [0.29, 0.717) is 6.54 Å². The average Bonchev–Trinajstić information content (AvgIpc) is 2.62. The minimum atomic E-state index is -0.0748. The number of benzene rings is 1. The highest BCUT2D eigenvalue weighted by molar-refractivity contribution is 5.97. The van der Waals surface area contributed by atoms with Crippen LogP contribution in [0.15, 0.2) is 24.3 Å². The van der Waals surface area contributed by atoms with E-state index in [-0.39, 0.29) is 18.0 Å². The Kier molecular flexibility index (Phi) is 5.35. The Morgan fingerprint density at radius 2 is 2.17 bits per heavy atom. The molecule has 3 rings (SSSR count). The van der Waals surface area contributed by atoms with Gasteiger partial charge < -0.3 is 10.6 Å². The number of carbonyl (C=O) groups is 2. The van der Waals surface area contributed by atoms with Crippen molar-refractivity contribution in [3.63, 3.8) is 0 Å². The van der Waals surface area contributed by atoms with Gasteiger partial charge in [0.05, 0.1) is 6.04 Å². The summed E-state index contributed by atoms with van der Waals surface area (Å²) in [5.74, 6) is 0.0526. The second-order valence-electron chi connectivity index (χ2n) is 6.42. The van der Waals surface area contributed by atoms with Gasteiger partial charge in [0.25, 0.3) is 0 Å². The number of nitrogens with zero attached hydrogens (tertiary/aromatic N) is 2. The summed E-state index contributed by atoms with van der Waals surface area (Å²) in [6, 6.07) is 7.41. The molecule has 2 fully saturated rings. The van der Waals surface area contributed by atoms with Gasteiger partial charge in [-0.3, -0.25) is 14.6 Å². The highest BCUT2D eigenvalue weighted by Gasteiger charge is 2.27. The van der Waals surface area contributed by atoms with E-state index in [1.165, 1.54) is 0 Å². The van der Waals surface area contributed by atoms with Crippen LogP contribution in [-0.2, 0) is 4.79 Å². The van der Waals surface area contributed by atoms with Gasteiger partial charge in [0, 0.05) is 24.5 Å². The first-order chi connectivity index (χ1) is 11.7. The first kappa shape index (κ1) is 16.8. The second kappa shape index (κ2) is 7.66. The third-order valence-electron chi connectivity index (χ3n) is 4.83. The molecule has 0 radical (unpaired) electrons. The van der Waals surface area contributed by atoms with Gasteiger partial charge >= 0.3 is 6.03 Å². The van der Waals surface area contributed by atoms with Crippen molar-refractivity contribution >= 4 is 23.3 Å². The summed E-state index contributed by atoms with van der Waals surface area (Å²) in [6.07, 6.45) is 4.10. The lowest BCUT2D eigenvalue weighted by Crippen LogP contribution is -2.47. The molecule has 0 spiro atoms. The fourth-order valence-electron chi connectivity index (χ4n) is 3.52. The van der Waals surface area contributed by atoms with Crippen LogP contribution in [0, 0.1) is 0 Å². The van der Waals surface area contributed by atoms with Crippen molar-refractivity contribution in [3.05, 3.63) is 24.3 Å². The maximum atomic E-state index is 12.6. The molecular formula is C18H26N4O2. The third kappa shape index (κ3) is 3.70. The van der Waals surface area contributed by atoms with Gasteiger partial charge in [0.1, 0.15) is 0 Å². The molecule has 2 heterocycles. The highest BCUT2D eigenvalue weighted by Crippen LogP contribution is 2.23. The second-order valence-corrected chi connectivity index (χ2v) is 6.42. The lowest BCUT2D eigenvalue weighted by atomic mass is 10.0. The van der Waals surface area contributed by atoms with Gasteiger partial charge in [-0.1, -0.05) is 19.4 Å². The molecule has 6 heteroatoms. The van der Waals surface area contributed by atoms with Crippen molar-refractivity contribution < 1.29 is 9.59 Å². The van der Waals surface area contributed by atoms with Crippen LogP contribution >= 0.6 is 0 Å². The Bertz CT molecular complexity index is 604. The number of likely N-dealkylation sites (tertiary alicyclic amines) is 1. The number of rotatable bonds is 4. The zero-order valence-electron chi connectivity index (χ0n) is 14.3. The minimum absolute atomic E-state index is 0.0503. The molecule has 1 aromatic rings. The van der Waals surface area contributed by atoms with E-state index in [1.54, 1.807) is 4.90 Å². The monoisotopic (exact) mass is 330 g/mol. The lowest BCUT2D eigenvalue weighted by Gasteiger charge is -2.33. The standard InChI is InChI=1S/C18H26N4O2/c1-2-21-11-4-3-9-16(21)17(23)20-14-7-5-8-15(13-14)22-12-6-10-19-18(22)24/h5,7-8,13,16H,2-4,6,9-12H2,1H3,(H,19,24)(H,20,23)/t16-/m0/s1. The third-order valence-corrected chi connectivity index (χ3v) is 4.83. The zero-order valence-corrected chi connectivity index (χ0v) is 14.3. The molecular weight excluding hydrogens is 304 g/mol. The lowest BCUT2D eigenvalue weighted by molar-refractivity contribution is -0.122. The molecule has 1 atom stereocenters. The van der Waals surface area contributed by atoms with E-state index in [2.05, 4.69) is 22.5 Å². The van der Waals surface area contributed by atoms with Crippen LogP contribution < -0.4 is 15.5 Å². The summed E-state index contributed by atoms with van der Waals surface area (Å²) in [4.78, 5) is 28.6. The molecule has 0 unspecified atom stereocenters. The molecule has 0 aromatic heterocycles. The largest absolute Gasteiger partial charge is 0.338 e. The van der Waals surface area contributed by atoms with Crippen LogP contribution in [-0.4, -0.2) is 49.1 Å². The molecule has 2 aliphatic rings. The summed E-state index contributed by atoms with van der Waals surface area (Å²) in [7, 11) is 0. The normalized spacial score (nSPS) is 22.1. The molecule has 2 N–H and O–H groups in total. The van der Waals surface area contributed by atoms with Gasteiger partial charge in [-0.15, -0.1) is 0 Å². The van der Waals surface area contributed by atoms with Crippen LogP contribution in [0.3, 0.4) is 0 Å². The Balaban J connectivity index is 1.70. The summed E-state index contributed by atoms with van der Waals surface area (Å²) in [6.45, 7) is 5.41. The number of urea groups is 1. The van der Waals surface area contributed by atoms with Crippen molar-refractivity contribution in [1.29, 1.82) is 0 Å². The molecule has 1 aromatic carbocycles.